The second-order valence-electron chi connectivity index (χ2n) is 5.38. The fourth-order valence-electron chi connectivity index (χ4n) is 2.14. The Bertz CT molecular complexity index is 524. The van der Waals surface area contributed by atoms with Crippen molar-refractivity contribution in [3.8, 4) is 0 Å². The predicted molar refractivity (Wildman–Crippen MR) is 77.2 cm³/mol. The third-order valence-electron chi connectivity index (χ3n) is 3.01. The van der Waals surface area contributed by atoms with Crippen molar-refractivity contribution in [2.24, 2.45) is 13.0 Å². The van der Waals surface area contributed by atoms with Crippen molar-refractivity contribution in [3.63, 3.8) is 0 Å². The quantitative estimate of drug-likeness (QED) is 0.867. The van der Waals surface area contributed by atoms with Gasteiger partial charge in [0.15, 0.2) is 0 Å². The van der Waals surface area contributed by atoms with Crippen LogP contribution in [-0.4, -0.2) is 25.6 Å². The van der Waals surface area contributed by atoms with E-state index in [1.54, 1.807) is 0 Å². The first-order valence-electron chi connectivity index (χ1n) is 6.80. The van der Waals surface area contributed by atoms with E-state index in [0.29, 0.717) is 5.92 Å². The van der Waals surface area contributed by atoms with Crippen LogP contribution in [0.2, 0.25) is 0 Å². The zero-order chi connectivity index (χ0) is 13.8. The maximum atomic E-state index is 4.53. The van der Waals surface area contributed by atoms with Crippen LogP contribution in [0.4, 0.5) is 5.95 Å². The lowest BCUT2D eigenvalue weighted by atomic mass is 10.2. The van der Waals surface area contributed by atoms with Gasteiger partial charge >= 0.3 is 0 Å². The number of rotatable bonds is 6. The van der Waals surface area contributed by atoms with E-state index in [2.05, 4.69) is 39.9 Å². The van der Waals surface area contributed by atoms with Crippen LogP contribution in [0.25, 0.3) is 0 Å². The Kier molecular flexibility index (Phi) is 4.24. The molecule has 0 atom stereocenters. The molecule has 0 aliphatic heterocycles. The van der Waals surface area contributed by atoms with E-state index in [1.165, 1.54) is 0 Å². The van der Waals surface area contributed by atoms with Gasteiger partial charge in [-0.25, -0.2) is 9.97 Å². The molecule has 0 bridgehead atoms. The maximum Gasteiger partial charge on any atom is 0.203 e. The van der Waals surface area contributed by atoms with Crippen LogP contribution in [0, 0.1) is 12.8 Å². The number of imidazole rings is 2. The fraction of sp³-hybridized carbons (Fsp3) is 0.571. The molecule has 0 aromatic carbocycles. The van der Waals surface area contributed by atoms with Crippen LogP contribution in [0.5, 0.6) is 0 Å². The molecule has 2 aromatic rings. The number of nitrogens with zero attached hydrogens (tertiary/aromatic N) is 4. The molecule has 0 saturated carbocycles. The van der Waals surface area contributed by atoms with Crippen molar-refractivity contribution >= 4 is 5.95 Å². The second-order valence-corrected chi connectivity index (χ2v) is 5.38. The molecule has 104 valence electrons. The number of hydrogen-bond donors (Lipinski definition) is 1. The number of hydrogen-bond acceptors (Lipinski definition) is 3. The van der Waals surface area contributed by atoms with Crippen LogP contribution >= 0.6 is 0 Å². The van der Waals surface area contributed by atoms with Gasteiger partial charge in [-0.3, -0.25) is 0 Å². The van der Waals surface area contributed by atoms with E-state index in [4.69, 9.17) is 0 Å². The highest BCUT2D eigenvalue weighted by molar-refractivity contribution is 5.28. The largest absolute Gasteiger partial charge is 0.355 e. The number of aromatic nitrogens is 4. The molecule has 1 N–H and O–H groups in total. The van der Waals surface area contributed by atoms with Crippen molar-refractivity contribution in [3.05, 3.63) is 30.1 Å². The molecule has 5 nitrogen and oxygen atoms in total. The van der Waals surface area contributed by atoms with Gasteiger partial charge in [-0.15, -0.1) is 0 Å². The Morgan fingerprint density at radius 1 is 1.37 bits per heavy atom. The average molecular weight is 261 g/mol. The first kappa shape index (κ1) is 13.6. The minimum Gasteiger partial charge on any atom is -0.355 e. The zero-order valence-electron chi connectivity index (χ0n) is 12.2. The van der Waals surface area contributed by atoms with E-state index < -0.39 is 0 Å². The van der Waals surface area contributed by atoms with Crippen molar-refractivity contribution < 1.29 is 0 Å². The van der Waals surface area contributed by atoms with Crippen molar-refractivity contribution in [1.29, 1.82) is 0 Å². The molecule has 0 unspecified atom stereocenters. The highest BCUT2D eigenvalue weighted by Gasteiger charge is 2.07. The summed E-state index contributed by atoms with van der Waals surface area (Å²) in [5.41, 5.74) is 1.06. The Morgan fingerprint density at radius 2 is 2.16 bits per heavy atom. The summed E-state index contributed by atoms with van der Waals surface area (Å²) in [4.78, 5) is 8.85. The van der Waals surface area contributed by atoms with Crippen molar-refractivity contribution in [2.75, 3.05) is 11.9 Å². The summed E-state index contributed by atoms with van der Waals surface area (Å²) in [6.07, 6.45) is 6.80. The molecule has 0 radical (unpaired) electrons. The maximum absolute atomic E-state index is 4.53. The van der Waals surface area contributed by atoms with Gasteiger partial charge in [0.1, 0.15) is 5.82 Å². The van der Waals surface area contributed by atoms with E-state index in [0.717, 1.165) is 37.0 Å². The van der Waals surface area contributed by atoms with Crippen LogP contribution < -0.4 is 5.32 Å². The SMILES string of the molecule is Cc1cn(CC(C)C)c(NCCc2nccn2C)n1. The lowest BCUT2D eigenvalue weighted by molar-refractivity contribution is 0.526. The molecule has 0 amide bonds. The van der Waals surface area contributed by atoms with Gasteiger partial charge in [0.25, 0.3) is 0 Å². The molecule has 0 aliphatic carbocycles. The summed E-state index contributed by atoms with van der Waals surface area (Å²) < 4.78 is 4.24. The summed E-state index contributed by atoms with van der Waals surface area (Å²) >= 11 is 0. The van der Waals surface area contributed by atoms with Gasteiger partial charge in [0.2, 0.25) is 5.95 Å². The van der Waals surface area contributed by atoms with E-state index in [9.17, 15) is 0 Å². The molecule has 2 aromatic heterocycles. The van der Waals surface area contributed by atoms with Crippen LogP contribution in [0.1, 0.15) is 25.4 Å². The Hall–Kier alpha value is -1.78. The molecule has 2 rings (SSSR count). The summed E-state index contributed by atoms with van der Waals surface area (Å²) in [6, 6.07) is 0. The molecule has 19 heavy (non-hydrogen) atoms. The van der Waals surface area contributed by atoms with Gasteiger partial charge in [-0.1, -0.05) is 13.8 Å². The Morgan fingerprint density at radius 3 is 2.79 bits per heavy atom. The molecule has 0 spiro atoms. The van der Waals surface area contributed by atoms with Crippen LogP contribution in [0.15, 0.2) is 18.6 Å². The fourth-order valence-corrected chi connectivity index (χ4v) is 2.14. The van der Waals surface area contributed by atoms with Crippen molar-refractivity contribution in [2.45, 2.75) is 33.7 Å². The lowest BCUT2D eigenvalue weighted by Gasteiger charge is -2.11. The molecule has 0 saturated heterocycles. The third-order valence-corrected chi connectivity index (χ3v) is 3.01. The lowest BCUT2D eigenvalue weighted by Crippen LogP contribution is -2.14. The number of anilines is 1. The van der Waals surface area contributed by atoms with Gasteiger partial charge in [-0.2, -0.15) is 0 Å². The summed E-state index contributed by atoms with van der Waals surface area (Å²) in [7, 11) is 2.02. The highest BCUT2D eigenvalue weighted by atomic mass is 15.2. The van der Waals surface area contributed by atoms with Gasteiger partial charge in [0.05, 0.1) is 5.69 Å². The first-order valence-corrected chi connectivity index (χ1v) is 6.80. The van der Waals surface area contributed by atoms with Crippen LogP contribution in [0.3, 0.4) is 0 Å². The second kappa shape index (κ2) is 5.91. The van der Waals surface area contributed by atoms with Crippen LogP contribution in [-0.2, 0) is 20.0 Å². The Labute approximate surface area is 114 Å². The summed E-state index contributed by atoms with van der Waals surface area (Å²) in [6.45, 7) is 8.30. The molecule has 5 heteroatoms. The number of nitrogens with one attached hydrogen (secondary N) is 1. The smallest absolute Gasteiger partial charge is 0.203 e. The number of aryl methyl sites for hydroxylation is 2. The van der Waals surface area contributed by atoms with E-state index in [-0.39, 0.29) is 0 Å². The molecular formula is C14H23N5. The van der Waals surface area contributed by atoms with E-state index in [1.807, 2.05) is 30.9 Å². The van der Waals surface area contributed by atoms with Crippen molar-refractivity contribution in [1.82, 2.24) is 19.1 Å². The van der Waals surface area contributed by atoms with Gasteiger partial charge < -0.3 is 14.5 Å². The normalized spacial score (nSPS) is 11.2. The minimum absolute atomic E-state index is 0.615. The van der Waals surface area contributed by atoms with Gasteiger partial charge in [-0.05, 0) is 12.8 Å². The predicted octanol–water partition coefficient (Wildman–Crippen LogP) is 2.24. The Balaban J connectivity index is 1.94. The third kappa shape index (κ3) is 3.59. The molecule has 2 heterocycles. The average Bonchev–Trinajstić information content (AvgIpc) is 2.86. The topological polar surface area (TPSA) is 47.7 Å². The molecule has 0 aliphatic rings. The summed E-state index contributed by atoms with van der Waals surface area (Å²) in [5, 5.41) is 3.40. The molecule has 0 fully saturated rings. The zero-order valence-corrected chi connectivity index (χ0v) is 12.2. The molecular weight excluding hydrogens is 238 g/mol. The highest BCUT2D eigenvalue weighted by Crippen LogP contribution is 2.11. The monoisotopic (exact) mass is 261 g/mol. The van der Waals surface area contributed by atoms with E-state index >= 15 is 0 Å². The minimum atomic E-state index is 0.615. The standard InChI is InChI=1S/C14H23N5/c1-11(2)9-19-10-12(3)17-14(19)16-6-5-13-15-7-8-18(13)4/h7-8,10-11H,5-6,9H2,1-4H3,(H,16,17). The first-order chi connectivity index (χ1) is 9.06. The van der Waals surface area contributed by atoms with Gasteiger partial charge in [0, 0.05) is 45.1 Å². The summed E-state index contributed by atoms with van der Waals surface area (Å²) in [5.74, 6) is 2.66.